The molecule has 1 heterocycles. The molecule has 2 heteroatoms. The van der Waals surface area contributed by atoms with E-state index in [1.165, 1.54) is 39.1 Å². The Bertz CT molecular complexity index is 182. The number of nitrogens with zero attached hydrogens (tertiary/aromatic N) is 2. The first-order chi connectivity index (χ1) is 6.36. The molecule has 1 aliphatic heterocycles. The molecular formula is C11H20N2. The molecule has 0 aromatic heterocycles. The van der Waals surface area contributed by atoms with Crippen LogP contribution >= 0.6 is 0 Å². The van der Waals surface area contributed by atoms with Gasteiger partial charge in [0, 0.05) is 26.2 Å². The van der Waals surface area contributed by atoms with Gasteiger partial charge in [0.05, 0.1) is 6.54 Å². The van der Waals surface area contributed by atoms with Crippen molar-refractivity contribution >= 4 is 0 Å². The van der Waals surface area contributed by atoms with Crippen LogP contribution in [0.3, 0.4) is 0 Å². The maximum atomic E-state index is 3.12. The Morgan fingerprint density at radius 1 is 1.08 bits per heavy atom. The molecule has 0 spiro atoms. The van der Waals surface area contributed by atoms with Crippen LogP contribution in [0.5, 0.6) is 0 Å². The van der Waals surface area contributed by atoms with E-state index in [1.807, 2.05) is 6.92 Å². The van der Waals surface area contributed by atoms with Gasteiger partial charge in [-0.05, 0) is 19.9 Å². The average Bonchev–Trinajstić information content (AvgIpc) is 2.17. The zero-order valence-corrected chi connectivity index (χ0v) is 8.84. The second-order valence-electron chi connectivity index (χ2n) is 3.54. The van der Waals surface area contributed by atoms with Crippen molar-refractivity contribution in [3.63, 3.8) is 0 Å². The minimum Gasteiger partial charge on any atom is -0.301 e. The van der Waals surface area contributed by atoms with Crippen molar-refractivity contribution in [2.24, 2.45) is 0 Å². The second kappa shape index (κ2) is 6.01. The summed E-state index contributed by atoms with van der Waals surface area (Å²) in [6, 6.07) is 0. The third-order valence-electron chi connectivity index (χ3n) is 2.48. The minimum absolute atomic E-state index is 0.955. The van der Waals surface area contributed by atoms with Crippen LogP contribution in [0.4, 0.5) is 0 Å². The van der Waals surface area contributed by atoms with Gasteiger partial charge in [0.2, 0.25) is 0 Å². The van der Waals surface area contributed by atoms with Gasteiger partial charge in [0.15, 0.2) is 0 Å². The number of rotatable bonds is 3. The largest absolute Gasteiger partial charge is 0.301 e. The SMILES string of the molecule is CC#CCN1CCN(CCC)CC1. The van der Waals surface area contributed by atoms with Crippen LogP contribution in [0.25, 0.3) is 0 Å². The van der Waals surface area contributed by atoms with Crippen molar-refractivity contribution in [3.05, 3.63) is 0 Å². The summed E-state index contributed by atoms with van der Waals surface area (Å²) in [6.07, 6.45) is 1.27. The van der Waals surface area contributed by atoms with Crippen molar-refractivity contribution in [2.45, 2.75) is 20.3 Å². The van der Waals surface area contributed by atoms with Gasteiger partial charge < -0.3 is 4.90 Å². The Kier molecular flexibility index (Phi) is 4.88. The summed E-state index contributed by atoms with van der Waals surface area (Å²) >= 11 is 0. The normalized spacial score (nSPS) is 19.5. The molecule has 0 N–H and O–H groups in total. The summed E-state index contributed by atoms with van der Waals surface area (Å²) in [5, 5.41) is 0. The Hall–Kier alpha value is -0.520. The van der Waals surface area contributed by atoms with E-state index in [-0.39, 0.29) is 0 Å². The number of hydrogen-bond donors (Lipinski definition) is 0. The summed E-state index contributed by atoms with van der Waals surface area (Å²) in [5.74, 6) is 6.07. The van der Waals surface area contributed by atoms with Gasteiger partial charge in [-0.2, -0.15) is 0 Å². The lowest BCUT2D eigenvalue weighted by Crippen LogP contribution is -2.46. The molecule has 0 bridgehead atoms. The van der Waals surface area contributed by atoms with Crippen LogP contribution in [0.2, 0.25) is 0 Å². The summed E-state index contributed by atoms with van der Waals surface area (Å²) in [5.41, 5.74) is 0. The zero-order valence-electron chi connectivity index (χ0n) is 8.84. The zero-order chi connectivity index (χ0) is 9.52. The van der Waals surface area contributed by atoms with Gasteiger partial charge >= 0.3 is 0 Å². The third kappa shape index (κ3) is 3.80. The maximum Gasteiger partial charge on any atom is 0.0602 e. The fourth-order valence-electron chi connectivity index (χ4n) is 1.68. The maximum absolute atomic E-state index is 3.12. The molecule has 0 amide bonds. The molecule has 0 aromatic carbocycles. The Morgan fingerprint density at radius 3 is 2.23 bits per heavy atom. The van der Waals surface area contributed by atoms with Crippen LogP contribution in [0, 0.1) is 11.8 Å². The third-order valence-corrected chi connectivity index (χ3v) is 2.48. The van der Waals surface area contributed by atoms with Gasteiger partial charge in [-0.15, -0.1) is 5.92 Å². The highest BCUT2D eigenvalue weighted by molar-refractivity contribution is 4.98. The van der Waals surface area contributed by atoms with Crippen molar-refractivity contribution in [1.82, 2.24) is 9.80 Å². The standard InChI is InChI=1S/C11H20N2/c1-3-5-7-13-10-8-12(6-4-2)9-11-13/h4,6-11H2,1-2H3. The molecule has 0 aromatic rings. The Balaban J connectivity index is 2.17. The van der Waals surface area contributed by atoms with Crippen LogP contribution in [-0.4, -0.2) is 49.1 Å². The fraction of sp³-hybridized carbons (Fsp3) is 0.818. The first kappa shape index (κ1) is 10.6. The van der Waals surface area contributed by atoms with Gasteiger partial charge in [-0.25, -0.2) is 0 Å². The highest BCUT2D eigenvalue weighted by Crippen LogP contribution is 2.01. The van der Waals surface area contributed by atoms with Crippen LogP contribution in [-0.2, 0) is 0 Å². The molecule has 1 aliphatic rings. The molecule has 0 atom stereocenters. The molecule has 0 radical (unpaired) electrons. The molecule has 1 saturated heterocycles. The molecule has 13 heavy (non-hydrogen) atoms. The van der Waals surface area contributed by atoms with E-state index in [4.69, 9.17) is 0 Å². The Labute approximate surface area is 81.9 Å². The molecule has 0 unspecified atom stereocenters. The molecule has 74 valence electrons. The average molecular weight is 180 g/mol. The predicted molar refractivity (Wildman–Crippen MR) is 56.6 cm³/mol. The summed E-state index contributed by atoms with van der Waals surface area (Å²) < 4.78 is 0. The van der Waals surface area contributed by atoms with Gasteiger partial charge in [0.25, 0.3) is 0 Å². The van der Waals surface area contributed by atoms with Crippen LogP contribution in [0.15, 0.2) is 0 Å². The monoisotopic (exact) mass is 180 g/mol. The Morgan fingerprint density at radius 2 is 1.69 bits per heavy atom. The van der Waals surface area contributed by atoms with E-state index in [0.29, 0.717) is 0 Å². The molecule has 0 aliphatic carbocycles. The van der Waals surface area contributed by atoms with E-state index in [0.717, 1.165) is 6.54 Å². The molecule has 0 saturated carbocycles. The van der Waals surface area contributed by atoms with Crippen LogP contribution in [0.1, 0.15) is 20.3 Å². The van der Waals surface area contributed by atoms with Crippen molar-refractivity contribution in [3.8, 4) is 11.8 Å². The minimum atomic E-state index is 0.955. The topological polar surface area (TPSA) is 6.48 Å². The lowest BCUT2D eigenvalue weighted by Gasteiger charge is -2.33. The number of hydrogen-bond acceptors (Lipinski definition) is 2. The lowest BCUT2D eigenvalue weighted by atomic mass is 10.3. The first-order valence-corrected chi connectivity index (χ1v) is 5.21. The fourth-order valence-corrected chi connectivity index (χ4v) is 1.68. The van der Waals surface area contributed by atoms with E-state index in [1.54, 1.807) is 0 Å². The van der Waals surface area contributed by atoms with Crippen molar-refractivity contribution < 1.29 is 0 Å². The summed E-state index contributed by atoms with van der Waals surface area (Å²) in [6.45, 7) is 11.2. The highest BCUT2D eigenvalue weighted by atomic mass is 15.3. The summed E-state index contributed by atoms with van der Waals surface area (Å²) in [4.78, 5) is 4.97. The smallest absolute Gasteiger partial charge is 0.0602 e. The van der Waals surface area contributed by atoms with E-state index < -0.39 is 0 Å². The van der Waals surface area contributed by atoms with Gasteiger partial charge in [-0.3, -0.25) is 4.90 Å². The quantitative estimate of drug-likeness (QED) is 0.599. The van der Waals surface area contributed by atoms with Gasteiger partial charge in [-0.1, -0.05) is 12.8 Å². The summed E-state index contributed by atoms with van der Waals surface area (Å²) in [7, 11) is 0. The van der Waals surface area contributed by atoms with Crippen molar-refractivity contribution in [1.29, 1.82) is 0 Å². The van der Waals surface area contributed by atoms with Crippen LogP contribution < -0.4 is 0 Å². The van der Waals surface area contributed by atoms with E-state index in [9.17, 15) is 0 Å². The molecular weight excluding hydrogens is 160 g/mol. The van der Waals surface area contributed by atoms with Gasteiger partial charge in [0.1, 0.15) is 0 Å². The highest BCUT2D eigenvalue weighted by Gasteiger charge is 2.14. The molecule has 1 fully saturated rings. The number of piperazine rings is 1. The first-order valence-electron chi connectivity index (χ1n) is 5.21. The predicted octanol–water partition coefficient (Wildman–Crippen LogP) is 1.04. The lowest BCUT2D eigenvalue weighted by molar-refractivity contribution is 0.144. The second-order valence-corrected chi connectivity index (χ2v) is 3.54. The van der Waals surface area contributed by atoms with E-state index in [2.05, 4.69) is 28.6 Å². The molecule has 2 nitrogen and oxygen atoms in total. The van der Waals surface area contributed by atoms with Crippen molar-refractivity contribution in [2.75, 3.05) is 39.3 Å². The molecule has 1 rings (SSSR count). The van der Waals surface area contributed by atoms with E-state index >= 15 is 0 Å².